The summed E-state index contributed by atoms with van der Waals surface area (Å²) in [5, 5.41) is 8.33. The zero-order chi connectivity index (χ0) is 50.8. The molecule has 4 heterocycles. The Kier molecular flexibility index (Phi) is 18.6. The van der Waals surface area contributed by atoms with Gasteiger partial charge in [0.2, 0.25) is 12.2 Å². The molecule has 9 rings (SSSR count). The predicted octanol–water partition coefficient (Wildman–Crippen LogP) is 10.0. The third-order valence-electron chi connectivity index (χ3n) is 12.9. The first-order chi connectivity index (χ1) is 35.4. The SMILES string of the molecule is C[C@@H]1O[C@@H](OC(=N)C(Cl)(Cl)Cl)[C@@H]2OC(C)(C)O[C@@H]2[C@H]1O[C@@H]1OC[C@@H](OCc2ccccc2)[C@H](O[C@@H]2OC[C@@H](OCc3ccccc3)[C@H](OCc3ccccc3)[C@H]2OCc2ccccc2)[C@H]1OCc1ccccc1. The van der Waals surface area contributed by atoms with Gasteiger partial charge in [-0.15, -0.1) is 0 Å². The Morgan fingerprint density at radius 3 is 1.27 bits per heavy atom. The van der Waals surface area contributed by atoms with Crippen LogP contribution < -0.4 is 0 Å². The molecule has 5 aromatic rings. The standard InChI is InChI=1S/C56H62Cl3NO13/c1-36-44(47-50(73-55(2,3)72-47)53(68-36)71-54(60)56(57,58)59)69-52-49(65-33-41-27-17-8-18-28-41)46(43(35-67-52)62-30-38-21-11-5-12-22-38)70-51-48(64-32-40-25-15-7-16-26-40)45(63-31-39-23-13-6-14-24-39)42(34-66-51)61-29-37-19-9-4-10-20-37/h4-28,36,42-53,60H,29-35H2,1-3H3/t36-,42+,43+,44-,45-,46-,47+,48+,49+,50+,51-,52-,53-/m0/s1. The highest BCUT2D eigenvalue weighted by atomic mass is 35.6. The molecule has 13 atom stereocenters. The van der Waals surface area contributed by atoms with E-state index in [9.17, 15) is 0 Å². The molecule has 1 N–H and O–H groups in total. The average Bonchev–Trinajstić information content (AvgIpc) is 3.74. The molecule has 0 bridgehead atoms. The van der Waals surface area contributed by atoms with Crippen molar-refractivity contribution < 1.29 is 61.6 Å². The van der Waals surface area contributed by atoms with Gasteiger partial charge in [-0.05, 0) is 48.6 Å². The van der Waals surface area contributed by atoms with Gasteiger partial charge in [0.25, 0.3) is 3.79 Å². The lowest BCUT2D eigenvalue weighted by Gasteiger charge is -2.48. The van der Waals surface area contributed by atoms with E-state index in [1.807, 2.05) is 152 Å². The molecule has 17 heteroatoms. The molecule has 0 amide bonds. The summed E-state index contributed by atoms with van der Waals surface area (Å²) in [6.07, 6.45) is -11.3. The van der Waals surface area contributed by atoms with Crippen LogP contribution in [-0.4, -0.2) is 109 Å². The Morgan fingerprint density at radius 2 is 0.849 bits per heavy atom. The number of rotatable bonds is 20. The van der Waals surface area contributed by atoms with Crippen LogP contribution in [0.15, 0.2) is 152 Å². The van der Waals surface area contributed by atoms with Crippen molar-refractivity contribution in [1.82, 2.24) is 0 Å². The first-order valence-corrected chi connectivity index (χ1v) is 25.7. The predicted molar refractivity (Wildman–Crippen MR) is 272 cm³/mol. The van der Waals surface area contributed by atoms with Crippen molar-refractivity contribution in [2.75, 3.05) is 13.2 Å². The van der Waals surface area contributed by atoms with Crippen LogP contribution in [0, 0.1) is 5.41 Å². The van der Waals surface area contributed by atoms with Crippen LogP contribution in [0.2, 0.25) is 0 Å². The monoisotopic (exact) mass is 1060 g/mol. The van der Waals surface area contributed by atoms with Crippen molar-refractivity contribution in [3.8, 4) is 0 Å². The Bertz CT molecular complexity index is 2450. The zero-order valence-electron chi connectivity index (χ0n) is 40.8. The lowest BCUT2D eigenvalue weighted by atomic mass is 9.98. The highest BCUT2D eigenvalue weighted by Gasteiger charge is 2.59. The minimum Gasteiger partial charge on any atom is -0.445 e. The minimum atomic E-state index is -2.14. The molecule has 4 aliphatic heterocycles. The number of hydrogen-bond acceptors (Lipinski definition) is 14. The Labute approximate surface area is 441 Å². The van der Waals surface area contributed by atoms with E-state index >= 15 is 0 Å². The summed E-state index contributed by atoms with van der Waals surface area (Å²) in [6.45, 7) is 6.68. The summed E-state index contributed by atoms with van der Waals surface area (Å²) in [5.74, 6) is -1.74. The number of nitrogens with one attached hydrogen (secondary N) is 1. The molecule has 0 aliphatic carbocycles. The molecule has 0 unspecified atom stereocenters. The molecule has 0 spiro atoms. The first kappa shape index (κ1) is 53.8. The maximum Gasteiger partial charge on any atom is 0.265 e. The van der Waals surface area contributed by atoms with Crippen LogP contribution in [0.5, 0.6) is 0 Å². The molecule has 4 fully saturated rings. The van der Waals surface area contributed by atoms with Crippen LogP contribution in [0.1, 0.15) is 48.6 Å². The van der Waals surface area contributed by atoms with Crippen molar-refractivity contribution in [3.63, 3.8) is 0 Å². The van der Waals surface area contributed by atoms with E-state index in [1.165, 1.54) is 0 Å². The largest absolute Gasteiger partial charge is 0.445 e. The van der Waals surface area contributed by atoms with E-state index in [1.54, 1.807) is 20.8 Å². The van der Waals surface area contributed by atoms with Crippen molar-refractivity contribution in [2.45, 2.75) is 143 Å². The highest BCUT2D eigenvalue weighted by Crippen LogP contribution is 2.42. The quantitative estimate of drug-likeness (QED) is 0.0449. The van der Waals surface area contributed by atoms with Crippen LogP contribution in [0.4, 0.5) is 0 Å². The van der Waals surface area contributed by atoms with Crippen LogP contribution in [0.3, 0.4) is 0 Å². The summed E-state index contributed by atoms with van der Waals surface area (Å²) < 4.78 is 84.8. The summed E-state index contributed by atoms with van der Waals surface area (Å²) in [5.41, 5.74) is 4.78. The van der Waals surface area contributed by atoms with Crippen LogP contribution in [0.25, 0.3) is 0 Å². The van der Waals surface area contributed by atoms with E-state index in [4.69, 9.17) is 102 Å². The Hall–Kier alpha value is -4.04. The number of ether oxygens (including phenoxy) is 13. The van der Waals surface area contributed by atoms with Gasteiger partial charge in [-0.2, -0.15) is 0 Å². The number of halogens is 3. The smallest absolute Gasteiger partial charge is 0.265 e. The molecule has 73 heavy (non-hydrogen) atoms. The minimum absolute atomic E-state index is 0.0252. The Balaban J connectivity index is 1.05. The van der Waals surface area contributed by atoms with E-state index in [0.717, 1.165) is 27.8 Å². The van der Waals surface area contributed by atoms with E-state index < -0.39 is 95.4 Å². The summed E-state index contributed by atoms with van der Waals surface area (Å²) in [7, 11) is 0. The van der Waals surface area contributed by atoms with Crippen molar-refractivity contribution in [2.24, 2.45) is 0 Å². The fourth-order valence-corrected chi connectivity index (χ4v) is 9.40. The van der Waals surface area contributed by atoms with Gasteiger partial charge in [-0.3, -0.25) is 5.41 Å². The van der Waals surface area contributed by atoms with Gasteiger partial charge in [0.05, 0.1) is 52.4 Å². The summed E-state index contributed by atoms with van der Waals surface area (Å²) >= 11 is 18.1. The second kappa shape index (κ2) is 25.2. The van der Waals surface area contributed by atoms with Gasteiger partial charge in [0, 0.05) is 0 Å². The van der Waals surface area contributed by atoms with Gasteiger partial charge in [-0.25, -0.2) is 0 Å². The molecule has 0 aromatic heterocycles. The van der Waals surface area contributed by atoms with E-state index in [2.05, 4.69) is 0 Å². The van der Waals surface area contributed by atoms with Gasteiger partial charge < -0.3 is 61.6 Å². The molecule has 0 radical (unpaired) electrons. The zero-order valence-corrected chi connectivity index (χ0v) is 43.1. The fraction of sp³-hybridized carbons (Fsp3) is 0.446. The third-order valence-corrected chi connectivity index (χ3v) is 13.4. The third kappa shape index (κ3) is 14.5. The van der Waals surface area contributed by atoms with E-state index in [-0.39, 0.29) is 39.6 Å². The number of hydrogen-bond donors (Lipinski definition) is 1. The molecule has 4 aliphatic rings. The second-order valence-corrected chi connectivity index (χ2v) is 21.1. The lowest BCUT2D eigenvalue weighted by molar-refractivity contribution is -0.367. The van der Waals surface area contributed by atoms with Crippen molar-refractivity contribution in [1.29, 1.82) is 5.41 Å². The normalized spacial score (nSPS) is 30.1. The molecule has 0 saturated carbocycles. The topological polar surface area (TPSA) is 144 Å². The first-order valence-electron chi connectivity index (χ1n) is 24.5. The fourth-order valence-electron chi connectivity index (χ4n) is 9.27. The van der Waals surface area contributed by atoms with Crippen LogP contribution >= 0.6 is 34.8 Å². The second-order valence-electron chi connectivity index (χ2n) is 18.8. The van der Waals surface area contributed by atoms with Gasteiger partial charge in [0.15, 0.2) is 24.5 Å². The molecular weight excluding hydrogens is 1000 g/mol. The van der Waals surface area contributed by atoms with Crippen molar-refractivity contribution in [3.05, 3.63) is 179 Å². The number of fused-ring (bicyclic) bond motifs is 1. The molecule has 5 aromatic carbocycles. The molecule has 14 nitrogen and oxygen atoms in total. The Morgan fingerprint density at radius 1 is 0.493 bits per heavy atom. The van der Waals surface area contributed by atoms with E-state index in [0.29, 0.717) is 6.61 Å². The number of alkyl halides is 3. The molecule has 4 saturated heterocycles. The number of benzene rings is 5. The van der Waals surface area contributed by atoms with Crippen LogP contribution in [-0.2, 0) is 94.6 Å². The van der Waals surface area contributed by atoms with Crippen molar-refractivity contribution >= 4 is 40.7 Å². The summed E-state index contributed by atoms with van der Waals surface area (Å²) in [6, 6.07) is 49.5. The van der Waals surface area contributed by atoms with Gasteiger partial charge in [-0.1, -0.05) is 186 Å². The maximum absolute atomic E-state index is 8.33. The van der Waals surface area contributed by atoms with Gasteiger partial charge in [0.1, 0.15) is 48.8 Å². The lowest BCUT2D eigenvalue weighted by Crippen LogP contribution is -2.64. The molecular formula is C56H62Cl3NO13. The highest BCUT2D eigenvalue weighted by molar-refractivity contribution is 6.76. The summed E-state index contributed by atoms with van der Waals surface area (Å²) in [4.78, 5) is 0. The maximum atomic E-state index is 8.33. The van der Waals surface area contributed by atoms with Gasteiger partial charge >= 0.3 is 0 Å². The molecule has 390 valence electrons. The average molecular weight is 1060 g/mol.